The summed E-state index contributed by atoms with van der Waals surface area (Å²) >= 11 is 5.82. The van der Waals surface area contributed by atoms with E-state index >= 15 is 0 Å². The van der Waals surface area contributed by atoms with Gasteiger partial charge in [0.2, 0.25) is 5.91 Å². The van der Waals surface area contributed by atoms with Gasteiger partial charge in [0.05, 0.1) is 5.69 Å². The zero-order valence-electron chi connectivity index (χ0n) is 15.9. The molecule has 0 radical (unpaired) electrons. The molecule has 0 spiro atoms. The van der Waals surface area contributed by atoms with Crippen molar-refractivity contribution in [3.8, 4) is 0 Å². The third-order valence-electron chi connectivity index (χ3n) is 4.21. The van der Waals surface area contributed by atoms with Gasteiger partial charge in [0, 0.05) is 28.0 Å². The molecule has 0 heterocycles. The van der Waals surface area contributed by atoms with Crippen LogP contribution in [-0.4, -0.2) is 17.9 Å². The van der Waals surface area contributed by atoms with Crippen LogP contribution < -0.4 is 16.0 Å². The van der Waals surface area contributed by atoms with Crippen LogP contribution in [0, 0.1) is 11.6 Å². The lowest BCUT2D eigenvalue weighted by Crippen LogP contribution is -2.32. The summed E-state index contributed by atoms with van der Waals surface area (Å²) in [5.74, 6) is -2.33. The Kier molecular flexibility index (Phi) is 6.64. The molecular formula is C22H18ClF2N3O2. The number of hydrogen-bond donors (Lipinski definition) is 3. The van der Waals surface area contributed by atoms with E-state index in [1.807, 2.05) is 0 Å². The molecule has 5 nitrogen and oxygen atoms in total. The first-order chi connectivity index (χ1) is 14.3. The van der Waals surface area contributed by atoms with Gasteiger partial charge in [-0.3, -0.25) is 9.59 Å². The van der Waals surface area contributed by atoms with Crippen molar-refractivity contribution in [2.24, 2.45) is 0 Å². The number of carbonyl (C=O) groups excluding carboxylic acids is 2. The average Bonchev–Trinajstić information content (AvgIpc) is 2.72. The number of carbonyl (C=O) groups is 2. The van der Waals surface area contributed by atoms with Crippen LogP contribution in [0.25, 0.3) is 0 Å². The van der Waals surface area contributed by atoms with Gasteiger partial charge < -0.3 is 16.0 Å². The van der Waals surface area contributed by atoms with E-state index in [2.05, 4.69) is 16.0 Å². The van der Waals surface area contributed by atoms with Gasteiger partial charge in [-0.2, -0.15) is 0 Å². The highest BCUT2D eigenvalue weighted by Crippen LogP contribution is 2.18. The maximum Gasteiger partial charge on any atom is 0.255 e. The zero-order chi connectivity index (χ0) is 21.7. The Balaban J connectivity index is 1.57. The summed E-state index contributed by atoms with van der Waals surface area (Å²) in [5, 5.41) is 8.69. The van der Waals surface area contributed by atoms with Crippen molar-refractivity contribution in [2.45, 2.75) is 13.0 Å². The minimum atomic E-state index is -0.851. The molecule has 0 saturated heterocycles. The van der Waals surface area contributed by atoms with Crippen LogP contribution >= 0.6 is 11.6 Å². The number of rotatable bonds is 6. The smallest absolute Gasteiger partial charge is 0.255 e. The fraction of sp³-hybridized carbons (Fsp3) is 0.0909. The molecule has 1 atom stereocenters. The summed E-state index contributed by atoms with van der Waals surface area (Å²) in [4.78, 5) is 24.5. The lowest BCUT2D eigenvalue weighted by Gasteiger charge is -2.16. The van der Waals surface area contributed by atoms with E-state index < -0.39 is 23.6 Å². The zero-order valence-corrected chi connectivity index (χ0v) is 16.6. The second kappa shape index (κ2) is 9.37. The average molecular weight is 430 g/mol. The number of amides is 2. The molecule has 1 unspecified atom stereocenters. The number of anilines is 3. The first-order valence-electron chi connectivity index (χ1n) is 9.01. The van der Waals surface area contributed by atoms with Crippen molar-refractivity contribution in [3.05, 3.63) is 89.0 Å². The predicted octanol–water partition coefficient (Wildman–Crippen LogP) is 5.31. The van der Waals surface area contributed by atoms with Gasteiger partial charge in [0.1, 0.15) is 17.7 Å². The first-order valence-corrected chi connectivity index (χ1v) is 9.39. The number of nitrogens with one attached hydrogen (secondary N) is 3. The van der Waals surface area contributed by atoms with Crippen molar-refractivity contribution < 1.29 is 18.4 Å². The minimum absolute atomic E-state index is 0.102. The lowest BCUT2D eigenvalue weighted by atomic mass is 10.2. The largest absolute Gasteiger partial charge is 0.374 e. The molecule has 3 aromatic carbocycles. The van der Waals surface area contributed by atoms with Gasteiger partial charge in [-0.15, -0.1) is 0 Å². The van der Waals surface area contributed by atoms with Crippen LogP contribution in [0.1, 0.15) is 17.3 Å². The molecule has 0 fully saturated rings. The van der Waals surface area contributed by atoms with Crippen LogP contribution in [0.3, 0.4) is 0 Å². The van der Waals surface area contributed by atoms with Gasteiger partial charge in [-0.25, -0.2) is 8.78 Å². The van der Waals surface area contributed by atoms with Crippen molar-refractivity contribution in [2.75, 3.05) is 16.0 Å². The molecule has 0 aliphatic rings. The fourth-order valence-corrected chi connectivity index (χ4v) is 2.73. The van der Waals surface area contributed by atoms with E-state index in [1.165, 1.54) is 0 Å². The monoisotopic (exact) mass is 429 g/mol. The Morgan fingerprint density at radius 2 is 1.50 bits per heavy atom. The molecule has 3 rings (SSSR count). The van der Waals surface area contributed by atoms with E-state index in [-0.39, 0.29) is 11.6 Å². The molecule has 30 heavy (non-hydrogen) atoms. The Labute approximate surface area is 177 Å². The summed E-state index contributed by atoms with van der Waals surface area (Å²) in [6, 6.07) is 15.5. The van der Waals surface area contributed by atoms with E-state index in [0.717, 1.165) is 12.1 Å². The van der Waals surface area contributed by atoms with Gasteiger partial charge in [0.15, 0.2) is 0 Å². The number of benzene rings is 3. The molecule has 154 valence electrons. The summed E-state index contributed by atoms with van der Waals surface area (Å²) in [5.41, 5.74) is 1.57. The molecule has 3 N–H and O–H groups in total. The Morgan fingerprint density at radius 3 is 2.13 bits per heavy atom. The second-order valence-corrected chi connectivity index (χ2v) is 6.95. The van der Waals surface area contributed by atoms with E-state index in [9.17, 15) is 18.4 Å². The number of hydrogen-bond acceptors (Lipinski definition) is 3. The van der Waals surface area contributed by atoms with Crippen LogP contribution in [0.15, 0.2) is 66.7 Å². The highest BCUT2D eigenvalue weighted by molar-refractivity contribution is 6.30. The Hall–Kier alpha value is -3.45. The van der Waals surface area contributed by atoms with Gasteiger partial charge >= 0.3 is 0 Å². The van der Waals surface area contributed by atoms with Gasteiger partial charge in [-0.1, -0.05) is 11.6 Å². The van der Waals surface area contributed by atoms with Crippen LogP contribution in [0.5, 0.6) is 0 Å². The van der Waals surface area contributed by atoms with E-state index in [4.69, 9.17) is 11.6 Å². The molecule has 0 aliphatic carbocycles. The highest BCUT2D eigenvalue weighted by Gasteiger charge is 2.15. The molecule has 0 saturated carbocycles. The molecular weight excluding hydrogens is 412 g/mol. The first kappa shape index (κ1) is 21.3. The molecule has 0 bridgehead atoms. The standard InChI is InChI=1S/C22H18ClF2N3O2/c1-13(21(29)28-20-11-6-16(24)12-19(20)25)26-17-7-9-18(10-8-17)27-22(30)14-2-4-15(23)5-3-14/h2-13,26H,1H3,(H,27,30)(H,28,29). The van der Waals surface area contributed by atoms with Gasteiger partial charge in [-0.05, 0) is 67.6 Å². The molecule has 8 heteroatoms. The second-order valence-electron chi connectivity index (χ2n) is 6.52. The summed E-state index contributed by atoms with van der Waals surface area (Å²) < 4.78 is 26.6. The molecule has 0 aliphatic heterocycles. The van der Waals surface area contributed by atoms with Crippen molar-refractivity contribution >= 4 is 40.5 Å². The summed E-state index contributed by atoms with van der Waals surface area (Å²) in [7, 11) is 0. The molecule has 3 aromatic rings. The Morgan fingerprint density at radius 1 is 0.867 bits per heavy atom. The van der Waals surface area contributed by atoms with Crippen molar-refractivity contribution in [1.82, 2.24) is 0 Å². The third kappa shape index (κ3) is 5.55. The van der Waals surface area contributed by atoms with Gasteiger partial charge in [0.25, 0.3) is 5.91 Å². The Bertz CT molecular complexity index is 1060. The van der Waals surface area contributed by atoms with Crippen LogP contribution in [0.4, 0.5) is 25.8 Å². The topological polar surface area (TPSA) is 70.2 Å². The normalized spacial score (nSPS) is 11.5. The van der Waals surface area contributed by atoms with Crippen LogP contribution in [-0.2, 0) is 4.79 Å². The lowest BCUT2D eigenvalue weighted by molar-refractivity contribution is -0.116. The SMILES string of the molecule is CC(Nc1ccc(NC(=O)c2ccc(Cl)cc2)cc1)C(=O)Nc1ccc(F)cc1F. The van der Waals surface area contributed by atoms with Crippen molar-refractivity contribution in [1.29, 1.82) is 0 Å². The number of halogens is 3. The summed E-state index contributed by atoms with van der Waals surface area (Å²) in [6.45, 7) is 1.60. The molecule has 0 aromatic heterocycles. The quantitative estimate of drug-likeness (QED) is 0.497. The molecule has 2 amide bonds. The van der Waals surface area contributed by atoms with Crippen molar-refractivity contribution in [3.63, 3.8) is 0 Å². The van der Waals surface area contributed by atoms with E-state index in [1.54, 1.807) is 55.5 Å². The maximum atomic E-state index is 13.7. The summed E-state index contributed by atoms with van der Waals surface area (Å²) in [6.07, 6.45) is 0. The fourth-order valence-electron chi connectivity index (χ4n) is 2.60. The minimum Gasteiger partial charge on any atom is -0.374 e. The third-order valence-corrected chi connectivity index (χ3v) is 4.47. The maximum absolute atomic E-state index is 13.7. The predicted molar refractivity (Wildman–Crippen MR) is 114 cm³/mol. The van der Waals surface area contributed by atoms with E-state index in [0.29, 0.717) is 28.0 Å². The highest BCUT2D eigenvalue weighted by atomic mass is 35.5. The van der Waals surface area contributed by atoms with Crippen LogP contribution in [0.2, 0.25) is 5.02 Å².